The van der Waals surface area contributed by atoms with Gasteiger partial charge in [0.05, 0.1) is 0 Å². The SMILES string of the molecule is CCC1NN=C(NC(C)=O)O1. The van der Waals surface area contributed by atoms with Crippen LogP contribution >= 0.6 is 0 Å². The predicted molar refractivity (Wildman–Crippen MR) is 39.6 cm³/mol. The number of nitrogens with one attached hydrogen (secondary N) is 2. The average Bonchev–Trinajstić information content (AvgIpc) is 2.34. The summed E-state index contributed by atoms with van der Waals surface area (Å²) in [5.74, 6) is -0.178. The number of carbonyl (C=O) groups excluding carboxylic acids is 1. The third-order valence-electron chi connectivity index (χ3n) is 1.22. The minimum absolute atomic E-state index is 0.100. The molecule has 0 aromatic carbocycles. The molecule has 0 bridgehead atoms. The van der Waals surface area contributed by atoms with Crippen molar-refractivity contribution in [2.24, 2.45) is 5.10 Å². The molecule has 5 heteroatoms. The van der Waals surface area contributed by atoms with Crippen molar-refractivity contribution < 1.29 is 9.53 Å². The lowest BCUT2D eigenvalue weighted by molar-refractivity contribution is -0.117. The summed E-state index contributed by atoms with van der Waals surface area (Å²) >= 11 is 0. The lowest BCUT2D eigenvalue weighted by Gasteiger charge is -2.06. The predicted octanol–water partition coefficient (Wildman–Crippen LogP) is -0.251. The van der Waals surface area contributed by atoms with E-state index in [1.807, 2.05) is 6.92 Å². The smallest absolute Gasteiger partial charge is 0.315 e. The number of nitrogens with zero attached hydrogens (tertiary/aromatic N) is 1. The average molecular weight is 157 g/mol. The van der Waals surface area contributed by atoms with E-state index in [1.54, 1.807) is 0 Å². The molecule has 0 radical (unpaired) electrons. The highest BCUT2D eigenvalue weighted by molar-refractivity contribution is 5.93. The Morgan fingerprint density at radius 3 is 3.09 bits per heavy atom. The molecule has 1 heterocycles. The van der Waals surface area contributed by atoms with Crippen molar-refractivity contribution in [2.75, 3.05) is 0 Å². The highest BCUT2D eigenvalue weighted by Gasteiger charge is 2.17. The fraction of sp³-hybridized carbons (Fsp3) is 0.667. The number of carbonyl (C=O) groups is 1. The van der Waals surface area contributed by atoms with E-state index in [9.17, 15) is 4.79 Å². The monoisotopic (exact) mass is 157 g/mol. The first kappa shape index (κ1) is 7.84. The Kier molecular flexibility index (Phi) is 2.30. The summed E-state index contributed by atoms with van der Waals surface area (Å²) in [6, 6.07) is 0.254. The Morgan fingerprint density at radius 2 is 2.64 bits per heavy atom. The van der Waals surface area contributed by atoms with E-state index in [4.69, 9.17) is 4.74 Å². The van der Waals surface area contributed by atoms with Crippen LogP contribution in [-0.4, -0.2) is 18.2 Å². The minimum Gasteiger partial charge on any atom is -0.438 e. The van der Waals surface area contributed by atoms with Crippen LogP contribution in [0.1, 0.15) is 20.3 Å². The topological polar surface area (TPSA) is 62.7 Å². The van der Waals surface area contributed by atoms with Crippen LogP contribution < -0.4 is 10.7 Å². The van der Waals surface area contributed by atoms with E-state index in [0.717, 1.165) is 6.42 Å². The first-order chi connectivity index (χ1) is 5.22. The molecule has 1 rings (SSSR count). The molecule has 0 saturated carbocycles. The fourth-order valence-corrected chi connectivity index (χ4v) is 0.701. The third-order valence-corrected chi connectivity index (χ3v) is 1.22. The lowest BCUT2D eigenvalue weighted by atomic mass is 10.4. The van der Waals surface area contributed by atoms with E-state index in [2.05, 4.69) is 15.8 Å². The van der Waals surface area contributed by atoms with Crippen LogP contribution in [0.5, 0.6) is 0 Å². The van der Waals surface area contributed by atoms with Crippen LogP contribution in [0.3, 0.4) is 0 Å². The molecule has 1 unspecified atom stereocenters. The van der Waals surface area contributed by atoms with Crippen LogP contribution in [0.2, 0.25) is 0 Å². The summed E-state index contributed by atoms with van der Waals surface area (Å²) in [4.78, 5) is 10.5. The number of hydrazone groups is 1. The van der Waals surface area contributed by atoms with Gasteiger partial charge < -0.3 is 4.74 Å². The fourth-order valence-electron chi connectivity index (χ4n) is 0.701. The highest BCUT2D eigenvalue weighted by Crippen LogP contribution is 1.99. The normalized spacial score (nSPS) is 21.6. The first-order valence-corrected chi connectivity index (χ1v) is 3.50. The number of amidine groups is 1. The molecule has 0 spiro atoms. The van der Waals surface area contributed by atoms with Crippen LogP contribution in [0.4, 0.5) is 0 Å². The molecule has 5 nitrogen and oxygen atoms in total. The van der Waals surface area contributed by atoms with Gasteiger partial charge >= 0.3 is 6.02 Å². The molecule has 0 saturated heterocycles. The second-order valence-electron chi connectivity index (χ2n) is 2.24. The van der Waals surface area contributed by atoms with Gasteiger partial charge in [-0.05, 0) is 0 Å². The van der Waals surface area contributed by atoms with Crippen molar-refractivity contribution in [1.82, 2.24) is 10.7 Å². The van der Waals surface area contributed by atoms with Gasteiger partial charge in [0.2, 0.25) is 5.91 Å². The first-order valence-electron chi connectivity index (χ1n) is 3.50. The molecule has 1 amide bonds. The van der Waals surface area contributed by atoms with Gasteiger partial charge in [-0.1, -0.05) is 6.92 Å². The van der Waals surface area contributed by atoms with Crippen molar-refractivity contribution in [1.29, 1.82) is 0 Å². The van der Waals surface area contributed by atoms with Crippen molar-refractivity contribution >= 4 is 11.9 Å². The Morgan fingerprint density at radius 1 is 1.91 bits per heavy atom. The van der Waals surface area contributed by atoms with E-state index in [-0.39, 0.29) is 18.2 Å². The van der Waals surface area contributed by atoms with Gasteiger partial charge in [0, 0.05) is 13.3 Å². The zero-order valence-electron chi connectivity index (χ0n) is 6.55. The maximum atomic E-state index is 10.5. The molecule has 0 aromatic rings. The van der Waals surface area contributed by atoms with Gasteiger partial charge in [0.25, 0.3) is 0 Å². The van der Waals surface area contributed by atoms with Crippen LogP contribution in [0.25, 0.3) is 0 Å². The van der Waals surface area contributed by atoms with Gasteiger partial charge in [-0.2, -0.15) is 0 Å². The summed E-state index contributed by atoms with van der Waals surface area (Å²) in [7, 11) is 0. The number of hydrogen-bond acceptors (Lipinski definition) is 4. The molecule has 0 aromatic heterocycles. The summed E-state index contributed by atoms with van der Waals surface area (Å²) in [5, 5.41) is 6.17. The molecule has 0 aliphatic carbocycles. The van der Waals surface area contributed by atoms with Crippen molar-refractivity contribution in [3.8, 4) is 0 Å². The van der Waals surface area contributed by atoms with E-state index in [0.29, 0.717) is 0 Å². The summed E-state index contributed by atoms with van der Waals surface area (Å²) in [6.45, 7) is 3.37. The van der Waals surface area contributed by atoms with Crippen LogP contribution in [-0.2, 0) is 9.53 Å². The number of hydrogen-bond donors (Lipinski definition) is 2. The maximum Gasteiger partial charge on any atom is 0.315 e. The molecule has 1 atom stereocenters. The number of amides is 1. The molecular formula is C6H11N3O2. The van der Waals surface area contributed by atoms with Gasteiger partial charge in [0.15, 0.2) is 6.23 Å². The number of rotatable bonds is 1. The third kappa shape index (κ3) is 2.10. The van der Waals surface area contributed by atoms with Crippen molar-refractivity contribution in [3.63, 3.8) is 0 Å². The molecule has 62 valence electrons. The van der Waals surface area contributed by atoms with Gasteiger partial charge in [-0.3, -0.25) is 15.5 Å². The Labute approximate surface area is 64.8 Å². The quantitative estimate of drug-likeness (QED) is 0.551. The number of ether oxygens (including phenoxy) is 1. The molecule has 0 fully saturated rings. The molecular weight excluding hydrogens is 146 g/mol. The van der Waals surface area contributed by atoms with Gasteiger partial charge in [0.1, 0.15) is 0 Å². The van der Waals surface area contributed by atoms with E-state index in [1.165, 1.54) is 6.92 Å². The molecule has 2 N–H and O–H groups in total. The minimum atomic E-state index is -0.178. The van der Waals surface area contributed by atoms with Crippen LogP contribution in [0.15, 0.2) is 5.10 Å². The Bertz CT molecular complexity index is 190. The molecule has 1 aliphatic rings. The summed E-state index contributed by atoms with van der Waals surface area (Å²) < 4.78 is 5.13. The standard InChI is InChI=1S/C6H11N3O2/c1-3-5-8-9-6(11-5)7-4(2)10/h5,8H,3H2,1-2H3,(H,7,9,10). The Hall–Kier alpha value is -1.26. The Balaban J connectivity index is 2.34. The highest BCUT2D eigenvalue weighted by atomic mass is 16.5. The maximum absolute atomic E-state index is 10.5. The second-order valence-corrected chi connectivity index (χ2v) is 2.24. The summed E-state index contributed by atoms with van der Waals surface area (Å²) in [5.41, 5.74) is 2.71. The van der Waals surface area contributed by atoms with Crippen molar-refractivity contribution in [3.05, 3.63) is 0 Å². The van der Waals surface area contributed by atoms with Gasteiger partial charge in [-0.15, -0.1) is 5.10 Å². The van der Waals surface area contributed by atoms with E-state index >= 15 is 0 Å². The van der Waals surface area contributed by atoms with Crippen molar-refractivity contribution in [2.45, 2.75) is 26.5 Å². The van der Waals surface area contributed by atoms with Gasteiger partial charge in [-0.25, -0.2) is 0 Å². The second kappa shape index (κ2) is 3.23. The molecule has 1 aliphatic heterocycles. The van der Waals surface area contributed by atoms with E-state index < -0.39 is 0 Å². The zero-order chi connectivity index (χ0) is 8.27. The lowest BCUT2D eigenvalue weighted by Crippen LogP contribution is -2.30. The zero-order valence-corrected chi connectivity index (χ0v) is 6.55. The van der Waals surface area contributed by atoms with Crippen LogP contribution in [0, 0.1) is 0 Å². The summed E-state index contributed by atoms with van der Waals surface area (Å²) in [6.07, 6.45) is 0.712. The largest absolute Gasteiger partial charge is 0.438 e. The molecule has 11 heavy (non-hydrogen) atoms.